The van der Waals surface area contributed by atoms with Crippen LogP contribution in [0.1, 0.15) is 44.8 Å². The Bertz CT molecular complexity index is 364. The summed E-state index contributed by atoms with van der Waals surface area (Å²) < 4.78 is 10.7. The predicted molar refractivity (Wildman–Crippen MR) is 86.5 cm³/mol. The SMILES string of the molecule is CCCCCCNC(=NC)NCCCOCc1ccco1. The molecule has 1 rings (SSSR count). The number of rotatable bonds is 11. The fraction of sp³-hybridized carbons (Fsp3) is 0.688. The summed E-state index contributed by atoms with van der Waals surface area (Å²) in [6, 6.07) is 3.79. The molecule has 0 fully saturated rings. The Kier molecular flexibility index (Phi) is 10.3. The Morgan fingerprint density at radius 2 is 2.00 bits per heavy atom. The van der Waals surface area contributed by atoms with Crippen molar-refractivity contribution >= 4 is 5.96 Å². The van der Waals surface area contributed by atoms with Crippen LogP contribution in [0.25, 0.3) is 0 Å². The van der Waals surface area contributed by atoms with E-state index in [2.05, 4.69) is 22.5 Å². The van der Waals surface area contributed by atoms with Gasteiger partial charge in [0.25, 0.3) is 0 Å². The minimum atomic E-state index is 0.539. The molecule has 0 bridgehead atoms. The second-order valence-corrected chi connectivity index (χ2v) is 4.97. The van der Waals surface area contributed by atoms with E-state index in [1.807, 2.05) is 12.1 Å². The van der Waals surface area contributed by atoms with Gasteiger partial charge in [-0.3, -0.25) is 4.99 Å². The zero-order valence-corrected chi connectivity index (χ0v) is 13.4. The van der Waals surface area contributed by atoms with Crippen LogP contribution in [-0.4, -0.2) is 32.7 Å². The second-order valence-electron chi connectivity index (χ2n) is 4.97. The van der Waals surface area contributed by atoms with E-state index in [4.69, 9.17) is 9.15 Å². The molecule has 0 atom stereocenters. The van der Waals surface area contributed by atoms with Gasteiger partial charge in [-0.05, 0) is 25.0 Å². The van der Waals surface area contributed by atoms with Gasteiger partial charge < -0.3 is 19.8 Å². The summed E-state index contributed by atoms with van der Waals surface area (Å²) in [4.78, 5) is 4.20. The lowest BCUT2D eigenvalue weighted by molar-refractivity contribution is 0.105. The van der Waals surface area contributed by atoms with Crippen molar-refractivity contribution in [2.45, 2.75) is 45.6 Å². The van der Waals surface area contributed by atoms with Gasteiger partial charge in [0.05, 0.1) is 6.26 Å². The highest BCUT2D eigenvalue weighted by Crippen LogP contribution is 2.01. The summed E-state index contributed by atoms with van der Waals surface area (Å²) in [5.41, 5.74) is 0. The Balaban J connectivity index is 1.94. The Morgan fingerprint density at radius 3 is 2.67 bits per heavy atom. The van der Waals surface area contributed by atoms with E-state index in [-0.39, 0.29) is 0 Å². The Labute approximate surface area is 128 Å². The third kappa shape index (κ3) is 9.13. The van der Waals surface area contributed by atoms with Gasteiger partial charge in [0.15, 0.2) is 5.96 Å². The average Bonchev–Trinajstić information content (AvgIpc) is 3.01. The topological polar surface area (TPSA) is 58.8 Å². The van der Waals surface area contributed by atoms with Crippen LogP contribution in [0.3, 0.4) is 0 Å². The van der Waals surface area contributed by atoms with E-state index in [1.165, 1.54) is 25.7 Å². The highest BCUT2D eigenvalue weighted by molar-refractivity contribution is 5.79. The molecule has 0 unspecified atom stereocenters. The number of hydrogen-bond donors (Lipinski definition) is 2. The molecule has 21 heavy (non-hydrogen) atoms. The van der Waals surface area contributed by atoms with Gasteiger partial charge in [-0.15, -0.1) is 0 Å². The smallest absolute Gasteiger partial charge is 0.190 e. The largest absolute Gasteiger partial charge is 0.467 e. The fourth-order valence-electron chi connectivity index (χ4n) is 1.93. The summed E-state index contributed by atoms with van der Waals surface area (Å²) in [5.74, 6) is 1.74. The minimum absolute atomic E-state index is 0.539. The van der Waals surface area contributed by atoms with Crippen LogP contribution in [0.4, 0.5) is 0 Å². The maximum Gasteiger partial charge on any atom is 0.190 e. The van der Waals surface area contributed by atoms with Crippen LogP contribution >= 0.6 is 0 Å². The lowest BCUT2D eigenvalue weighted by Gasteiger charge is -2.11. The van der Waals surface area contributed by atoms with Crippen LogP contribution in [-0.2, 0) is 11.3 Å². The molecule has 0 aliphatic rings. The third-order valence-corrected chi connectivity index (χ3v) is 3.13. The molecule has 0 saturated carbocycles. The average molecular weight is 295 g/mol. The van der Waals surface area contributed by atoms with Crippen LogP contribution in [0.5, 0.6) is 0 Å². The summed E-state index contributed by atoms with van der Waals surface area (Å²) in [5, 5.41) is 6.61. The molecule has 120 valence electrons. The minimum Gasteiger partial charge on any atom is -0.467 e. The number of ether oxygens (including phenoxy) is 1. The molecule has 1 aromatic heterocycles. The number of aliphatic imine (C=N–C) groups is 1. The van der Waals surface area contributed by atoms with Crippen molar-refractivity contribution in [3.05, 3.63) is 24.2 Å². The zero-order chi connectivity index (χ0) is 15.2. The van der Waals surface area contributed by atoms with Crippen molar-refractivity contribution in [1.82, 2.24) is 10.6 Å². The lowest BCUT2D eigenvalue weighted by Crippen LogP contribution is -2.38. The molecule has 0 aliphatic heterocycles. The van der Waals surface area contributed by atoms with Gasteiger partial charge in [0.1, 0.15) is 12.4 Å². The van der Waals surface area contributed by atoms with Crippen LogP contribution < -0.4 is 10.6 Å². The molecule has 2 N–H and O–H groups in total. The number of nitrogens with zero attached hydrogens (tertiary/aromatic N) is 1. The molecule has 0 saturated heterocycles. The highest BCUT2D eigenvalue weighted by atomic mass is 16.5. The number of hydrogen-bond acceptors (Lipinski definition) is 3. The first kappa shape index (κ1) is 17.6. The maximum atomic E-state index is 5.52. The normalized spacial score (nSPS) is 11.6. The van der Waals surface area contributed by atoms with Gasteiger partial charge in [0.2, 0.25) is 0 Å². The second kappa shape index (κ2) is 12.3. The lowest BCUT2D eigenvalue weighted by atomic mass is 10.2. The molecule has 0 aliphatic carbocycles. The number of nitrogens with one attached hydrogen (secondary N) is 2. The summed E-state index contributed by atoms with van der Waals surface area (Å²) in [6.45, 7) is 5.31. The van der Waals surface area contributed by atoms with E-state index in [0.29, 0.717) is 13.2 Å². The van der Waals surface area contributed by atoms with E-state index in [1.54, 1.807) is 13.3 Å². The molecule has 5 heteroatoms. The van der Waals surface area contributed by atoms with Crippen molar-refractivity contribution in [1.29, 1.82) is 0 Å². The first-order valence-corrected chi connectivity index (χ1v) is 7.91. The molecule has 1 heterocycles. The number of guanidine groups is 1. The van der Waals surface area contributed by atoms with Gasteiger partial charge in [0, 0.05) is 26.7 Å². The van der Waals surface area contributed by atoms with Crippen molar-refractivity contribution in [3.8, 4) is 0 Å². The fourth-order valence-corrected chi connectivity index (χ4v) is 1.93. The van der Waals surface area contributed by atoms with Crippen molar-refractivity contribution < 1.29 is 9.15 Å². The predicted octanol–water partition coefficient (Wildman–Crippen LogP) is 2.93. The van der Waals surface area contributed by atoms with E-state index < -0.39 is 0 Å². The molecular formula is C16H29N3O2. The van der Waals surface area contributed by atoms with Gasteiger partial charge in [-0.1, -0.05) is 26.2 Å². The van der Waals surface area contributed by atoms with Crippen LogP contribution in [0, 0.1) is 0 Å². The van der Waals surface area contributed by atoms with Crippen LogP contribution in [0.2, 0.25) is 0 Å². The maximum absolute atomic E-state index is 5.52. The molecule has 0 amide bonds. The van der Waals surface area contributed by atoms with E-state index in [0.717, 1.165) is 31.2 Å². The van der Waals surface area contributed by atoms with E-state index >= 15 is 0 Å². The van der Waals surface area contributed by atoms with E-state index in [9.17, 15) is 0 Å². The first-order chi connectivity index (χ1) is 10.4. The van der Waals surface area contributed by atoms with Crippen molar-refractivity contribution in [2.24, 2.45) is 4.99 Å². The number of unbranched alkanes of at least 4 members (excludes halogenated alkanes) is 3. The highest BCUT2D eigenvalue weighted by Gasteiger charge is 1.98. The summed E-state index contributed by atoms with van der Waals surface area (Å²) in [7, 11) is 1.80. The quantitative estimate of drug-likeness (QED) is 0.374. The van der Waals surface area contributed by atoms with Crippen LogP contribution in [0.15, 0.2) is 27.8 Å². The Hall–Kier alpha value is -1.49. The molecule has 0 radical (unpaired) electrons. The van der Waals surface area contributed by atoms with Crippen molar-refractivity contribution in [2.75, 3.05) is 26.7 Å². The first-order valence-electron chi connectivity index (χ1n) is 7.91. The monoisotopic (exact) mass is 295 g/mol. The molecule has 0 aromatic carbocycles. The van der Waals surface area contributed by atoms with Gasteiger partial charge in [-0.25, -0.2) is 0 Å². The van der Waals surface area contributed by atoms with Gasteiger partial charge >= 0.3 is 0 Å². The molecule has 5 nitrogen and oxygen atoms in total. The molecule has 1 aromatic rings. The number of furan rings is 1. The third-order valence-electron chi connectivity index (χ3n) is 3.13. The summed E-state index contributed by atoms with van der Waals surface area (Å²) >= 11 is 0. The van der Waals surface area contributed by atoms with Crippen molar-refractivity contribution in [3.63, 3.8) is 0 Å². The molecular weight excluding hydrogens is 266 g/mol. The summed E-state index contributed by atoms with van der Waals surface area (Å²) in [6.07, 6.45) is 7.65. The standard InChI is InChI=1S/C16H29N3O2/c1-3-4-5-6-10-18-16(17-2)19-11-8-12-20-14-15-9-7-13-21-15/h7,9,13H,3-6,8,10-12,14H2,1-2H3,(H2,17,18,19). The molecule has 0 spiro atoms. The Morgan fingerprint density at radius 1 is 1.19 bits per heavy atom. The zero-order valence-electron chi connectivity index (χ0n) is 13.4. The van der Waals surface area contributed by atoms with Gasteiger partial charge in [-0.2, -0.15) is 0 Å².